The maximum atomic E-state index is 13.4. The highest BCUT2D eigenvalue weighted by Gasteiger charge is 2.56. The minimum absolute atomic E-state index is 0.0631. The standard InChI is InChI=1S/C19H12F6/c1-2-11-7-8-14(16(9-11)18(20,21)22)12-5-3-4-6-13(12)15-10-17(15)19(23,24)25/h1,3-9,15,17H,10H2. The van der Waals surface area contributed by atoms with E-state index in [0.29, 0.717) is 0 Å². The van der Waals surface area contributed by atoms with E-state index in [1.807, 2.05) is 0 Å². The Bertz CT molecular complexity index is 838. The van der Waals surface area contributed by atoms with Crippen molar-refractivity contribution in [2.75, 3.05) is 0 Å². The monoisotopic (exact) mass is 354 g/mol. The summed E-state index contributed by atoms with van der Waals surface area (Å²) in [6, 6.07) is 9.35. The van der Waals surface area contributed by atoms with Gasteiger partial charge in [-0.05, 0) is 41.2 Å². The number of terminal acetylenes is 1. The molecule has 0 heterocycles. The zero-order valence-electron chi connectivity index (χ0n) is 12.7. The van der Waals surface area contributed by atoms with Crippen LogP contribution in [0.25, 0.3) is 11.1 Å². The van der Waals surface area contributed by atoms with Gasteiger partial charge in [-0.3, -0.25) is 0 Å². The van der Waals surface area contributed by atoms with Crippen LogP contribution < -0.4 is 0 Å². The summed E-state index contributed by atoms with van der Waals surface area (Å²) in [6.45, 7) is 0. The normalized spacial score (nSPS) is 20.2. The molecule has 2 atom stereocenters. The van der Waals surface area contributed by atoms with E-state index in [-0.39, 0.29) is 28.7 Å². The van der Waals surface area contributed by atoms with Crippen molar-refractivity contribution in [3.05, 3.63) is 59.2 Å². The fourth-order valence-electron chi connectivity index (χ4n) is 3.07. The molecule has 0 N–H and O–H groups in total. The van der Waals surface area contributed by atoms with Gasteiger partial charge in [0.05, 0.1) is 11.5 Å². The lowest BCUT2D eigenvalue weighted by Crippen LogP contribution is -2.12. The zero-order valence-corrected chi connectivity index (χ0v) is 12.7. The van der Waals surface area contributed by atoms with Gasteiger partial charge in [0.1, 0.15) is 0 Å². The number of benzene rings is 2. The molecule has 1 aliphatic rings. The van der Waals surface area contributed by atoms with Gasteiger partial charge >= 0.3 is 12.4 Å². The molecule has 0 aliphatic heterocycles. The lowest BCUT2D eigenvalue weighted by atomic mass is 9.91. The highest BCUT2D eigenvalue weighted by molar-refractivity contribution is 5.73. The first-order valence-corrected chi connectivity index (χ1v) is 7.47. The maximum absolute atomic E-state index is 13.4. The lowest BCUT2D eigenvalue weighted by Gasteiger charge is -2.17. The quantitative estimate of drug-likeness (QED) is 0.457. The molecule has 6 heteroatoms. The zero-order chi connectivity index (χ0) is 18.4. The van der Waals surface area contributed by atoms with Gasteiger partial charge in [-0.25, -0.2) is 0 Å². The average molecular weight is 354 g/mol. The highest BCUT2D eigenvalue weighted by atomic mass is 19.4. The third-order valence-electron chi connectivity index (χ3n) is 4.35. The first-order valence-electron chi connectivity index (χ1n) is 7.47. The van der Waals surface area contributed by atoms with Crippen LogP contribution in [0.4, 0.5) is 26.3 Å². The van der Waals surface area contributed by atoms with Gasteiger partial charge in [0, 0.05) is 5.56 Å². The van der Waals surface area contributed by atoms with E-state index in [1.165, 1.54) is 36.4 Å². The van der Waals surface area contributed by atoms with E-state index in [4.69, 9.17) is 6.42 Å². The van der Waals surface area contributed by atoms with E-state index in [2.05, 4.69) is 5.92 Å². The Morgan fingerprint density at radius 2 is 1.60 bits per heavy atom. The number of hydrogen-bond donors (Lipinski definition) is 0. The first-order chi connectivity index (χ1) is 11.6. The summed E-state index contributed by atoms with van der Waals surface area (Å²) in [5.41, 5.74) is -0.596. The molecule has 0 spiro atoms. The summed E-state index contributed by atoms with van der Waals surface area (Å²) < 4.78 is 78.9. The molecule has 0 nitrogen and oxygen atoms in total. The molecule has 0 amide bonds. The van der Waals surface area contributed by atoms with Crippen LogP contribution in [0.2, 0.25) is 0 Å². The van der Waals surface area contributed by atoms with E-state index in [1.54, 1.807) is 0 Å². The summed E-state index contributed by atoms with van der Waals surface area (Å²) in [6.07, 6.45) is -3.96. The third kappa shape index (κ3) is 3.37. The Labute approximate surface area is 140 Å². The topological polar surface area (TPSA) is 0 Å². The Balaban J connectivity index is 2.12. The van der Waals surface area contributed by atoms with Crippen molar-refractivity contribution in [1.82, 2.24) is 0 Å². The molecule has 0 radical (unpaired) electrons. The molecule has 2 aromatic carbocycles. The van der Waals surface area contributed by atoms with Crippen LogP contribution in [-0.2, 0) is 6.18 Å². The fraction of sp³-hybridized carbons (Fsp3) is 0.263. The van der Waals surface area contributed by atoms with Crippen molar-refractivity contribution in [3.8, 4) is 23.5 Å². The maximum Gasteiger partial charge on any atom is 0.417 e. The third-order valence-corrected chi connectivity index (χ3v) is 4.35. The van der Waals surface area contributed by atoms with Gasteiger partial charge in [-0.2, -0.15) is 26.3 Å². The molecule has 0 aromatic heterocycles. The molecule has 2 unspecified atom stereocenters. The Kier molecular flexibility index (Phi) is 4.06. The van der Waals surface area contributed by atoms with Crippen LogP contribution in [0.15, 0.2) is 42.5 Å². The van der Waals surface area contributed by atoms with Crippen molar-refractivity contribution in [2.24, 2.45) is 5.92 Å². The van der Waals surface area contributed by atoms with Crippen molar-refractivity contribution < 1.29 is 26.3 Å². The SMILES string of the molecule is C#Cc1ccc(-c2ccccc2C2CC2C(F)(F)F)c(C(F)(F)F)c1. The predicted molar refractivity (Wildman–Crippen MR) is 81.7 cm³/mol. The van der Waals surface area contributed by atoms with Crippen LogP contribution in [0, 0.1) is 18.3 Å². The van der Waals surface area contributed by atoms with E-state index < -0.39 is 29.8 Å². The summed E-state index contributed by atoms with van der Waals surface area (Å²) in [5.74, 6) is -0.176. The smallest absolute Gasteiger partial charge is 0.171 e. The summed E-state index contributed by atoms with van der Waals surface area (Å²) in [5, 5.41) is 0. The van der Waals surface area contributed by atoms with Crippen LogP contribution in [0.3, 0.4) is 0 Å². The highest BCUT2D eigenvalue weighted by Crippen LogP contribution is 2.58. The molecule has 25 heavy (non-hydrogen) atoms. The minimum atomic E-state index is -4.66. The second-order valence-corrected chi connectivity index (χ2v) is 5.98. The largest absolute Gasteiger partial charge is 0.417 e. The van der Waals surface area contributed by atoms with Gasteiger partial charge in [0.15, 0.2) is 0 Å². The molecular formula is C19H12F6. The summed E-state index contributed by atoms with van der Waals surface area (Å²) >= 11 is 0. The second-order valence-electron chi connectivity index (χ2n) is 5.98. The van der Waals surface area contributed by atoms with Crippen molar-refractivity contribution in [1.29, 1.82) is 0 Å². The Hall–Kier alpha value is -2.42. The molecule has 2 aromatic rings. The summed E-state index contributed by atoms with van der Waals surface area (Å²) in [7, 11) is 0. The van der Waals surface area contributed by atoms with E-state index in [0.717, 1.165) is 6.07 Å². The molecule has 1 fully saturated rings. The molecular weight excluding hydrogens is 342 g/mol. The fourth-order valence-corrected chi connectivity index (χ4v) is 3.07. The average Bonchev–Trinajstić information content (AvgIpc) is 3.34. The van der Waals surface area contributed by atoms with Gasteiger partial charge < -0.3 is 0 Å². The molecule has 1 saturated carbocycles. The van der Waals surface area contributed by atoms with E-state index in [9.17, 15) is 26.3 Å². The van der Waals surface area contributed by atoms with Gasteiger partial charge in [-0.15, -0.1) is 6.42 Å². The first kappa shape index (κ1) is 17.4. The van der Waals surface area contributed by atoms with Crippen LogP contribution >= 0.6 is 0 Å². The van der Waals surface area contributed by atoms with Crippen molar-refractivity contribution >= 4 is 0 Å². The summed E-state index contributed by atoms with van der Waals surface area (Å²) in [4.78, 5) is 0. The number of halogens is 6. The van der Waals surface area contributed by atoms with Crippen LogP contribution in [-0.4, -0.2) is 6.18 Å². The van der Waals surface area contributed by atoms with Gasteiger partial charge in [-0.1, -0.05) is 36.3 Å². The molecule has 1 aliphatic carbocycles. The molecule has 3 rings (SSSR count). The van der Waals surface area contributed by atoms with Crippen LogP contribution in [0.1, 0.15) is 29.0 Å². The Morgan fingerprint density at radius 3 is 2.16 bits per heavy atom. The number of alkyl halides is 6. The van der Waals surface area contributed by atoms with Crippen molar-refractivity contribution in [3.63, 3.8) is 0 Å². The van der Waals surface area contributed by atoms with Crippen molar-refractivity contribution in [2.45, 2.75) is 24.7 Å². The lowest BCUT2D eigenvalue weighted by molar-refractivity contribution is -0.148. The van der Waals surface area contributed by atoms with Crippen LogP contribution in [0.5, 0.6) is 0 Å². The predicted octanol–water partition coefficient (Wildman–Crippen LogP) is 6.02. The number of rotatable bonds is 2. The minimum Gasteiger partial charge on any atom is -0.171 e. The molecule has 130 valence electrons. The molecule has 0 saturated heterocycles. The van der Waals surface area contributed by atoms with Gasteiger partial charge in [0.25, 0.3) is 0 Å². The Morgan fingerprint density at radius 1 is 0.920 bits per heavy atom. The molecule has 0 bridgehead atoms. The number of hydrogen-bond acceptors (Lipinski definition) is 0. The van der Waals surface area contributed by atoms with Gasteiger partial charge in [0.2, 0.25) is 0 Å². The second kappa shape index (κ2) is 5.83. The van der Waals surface area contributed by atoms with E-state index >= 15 is 0 Å².